The second-order valence-electron chi connectivity index (χ2n) is 6.30. The first-order valence-electron chi connectivity index (χ1n) is 8.22. The van der Waals surface area contributed by atoms with Crippen LogP contribution in [0.15, 0.2) is 41.4 Å². The van der Waals surface area contributed by atoms with E-state index in [1.807, 2.05) is 26.0 Å². The third kappa shape index (κ3) is 2.79. The zero-order valence-electron chi connectivity index (χ0n) is 14.0. The van der Waals surface area contributed by atoms with Crippen LogP contribution < -0.4 is 0 Å². The van der Waals surface area contributed by atoms with Gasteiger partial charge >= 0.3 is 0 Å². The van der Waals surface area contributed by atoms with E-state index in [-0.39, 0.29) is 18.0 Å². The molecule has 128 valence electrons. The molecular weight excluding hydrogens is 320 g/mol. The van der Waals surface area contributed by atoms with Crippen molar-refractivity contribution in [2.24, 2.45) is 0 Å². The van der Waals surface area contributed by atoms with E-state index >= 15 is 0 Å². The molecule has 0 bridgehead atoms. The Bertz CT molecular complexity index is 885. The Morgan fingerprint density at radius 3 is 2.88 bits per heavy atom. The van der Waals surface area contributed by atoms with Crippen LogP contribution in [-0.4, -0.2) is 42.3 Å². The number of rotatable bonds is 4. The highest BCUT2D eigenvalue weighted by atomic mass is 16.5. The number of nitrogens with zero attached hydrogens (tertiary/aromatic N) is 6. The molecule has 1 amide bonds. The van der Waals surface area contributed by atoms with Crippen molar-refractivity contribution < 1.29 is 9.32 Å². The minimum Gasteiger partial charge on any atom is -0.337 e. The van der Waals surface area contributed by atoms with Crippen molar-refractivity contribution in [2.45, 2.75) is 32.4 Å². The first kappa shape index (κ1) is 15.5. The van der Waals surface area contributed by atoms with Gasteiger partial charge in [0.1, 0.15) is 6.04 Å². The topological polar surface area (TPSA) is 89.9 Å². The fourth-order valence-electron chi connectivity index (χ4n) is 2.77. The quantitative estimate of drug-likeness (QED) is 0.726. The standard InChI is InChI=1S/C17H18N6O2/c1-11(2)23-10-13(9-19-23)17(24)22-7-5-14(22)16-20-15(21-25-16)12-4-3-6-18-8-12/h3-4,6,8-11,14H,5,7H2,1-2H3/t14-/m1/s1. The first-order chi connectivity index (χ1) is 12.1. The van der Waals surface area contributed by atoms with Crippen LogP contribution in [0, 0.1) is 0 Å². The monoisotopic (exact) mass is 338 g/mol. The van der Waals surface area contributed by atoms with E-state index in [2.05, 4.69) is 20.2 Å². The van der Waals surface area contributed by atoms with E-state index < -0.39 is 0 Å². The van der Waals surface area contributed by atoms with Crippen molar-refractivity contribution in [1.82, 2.24) is 29.8 Å². The zero-order chi connectivity index (χ0) is 17.4. The van der Waals surface area contributed by atoms with E-state index in [9.17, 15) is 4.79 Å². The average molecular weight is 338 g/mol. The Morgan fingerprint density at radius 1 is 1.36 bits per heavy atom. The van der Waals surface area contributed by atoms with Gasteiger partial charge < -0.3 is 9.42 Å². The number of carbonyl (C=O) groups is 1. The Hall–Kier alpha value is -3.03. The summed E-state index contributed by atoms with van der Waals surface area (Å²) in [5.74, 6) is 0.869. The number of hydrogen-bond acceptors (Lipinski definition) is 6. The Balaban J connectivity index is 1.52. The van der Waals surface area contributed by atoms with Gasteiger partial charge in [0.15, 0.2) is 0 Å². The highest BCUT2D eigenvalue weighted by molar-refractivity contribution is 5.94. The van der Waals surface area contributed by atoms with Crippen molar-refractivity contribution in [3.8, 4) is 11.4 Å². The summed E-state index contributed by atoms with van der Waals surface area (Å²) in [5, 5.41) is 8.23. The maximum atomic E-state index is 12.7. The molecule has 1 atom stereocenters. The molecular formula is C17H18N6O2. The van der Waals surface area contributed by atoms with Gasteiger partial charge in [0.05, 0.1) is 11.8 Å². The molecule has 0 aliphatic carbocycles. The minimum atomic E-state index is -0.187. The third-order valence-electron chi connectivity index (χ3n) is 4.30. The van der Waals surface area contributed by atoms with Gasteiger partial charge in [0.25, 0.3) is 5.91 Å². The van der Waals surface area contributed by atoms with Crippen molar-refractivity contribution in [3.05, 3.63) is 48.4 Å². The lowest BCUT2D eigenvalue weighted by Crippen LogP contribution is -2.45. The van der Waals surface area contributed by atoms with Gasteiger partial charge in [-0.15, -0.1) is 0 Å². The predicted molar refractivity (Wildman–Crippen MR) is 88.5 cm³/mol. The van der Waals surface area contributed by atoms with Gasteiger partial charge in [-0.2, -0.15) is 10.1 Å². The van der Waals surface area contributed by atoms with Crippen LogP contribution in [0.2, 0.25) is 0 Å². The van der Waals surface area contributed by atoms with Crippen LogP contribution in [0.4, 0.5) is 0 Å². The zero-order valence-corrected chi connectivity index (χ0v) is 14.0. The molecule has 0 spiro atoms. The van der Waals surface area contributed by atoms with Crippen LogP contribution in [-0.2, 0) is 0 Å². The van der Waals surface area contributed by atoms with Crippen LogP contribution in [0.1, 0.15) is 48.6 Å². The Labute approximate surface area is 144 Å². The van der Waals surface area contributed by atoms with Gasteiger partial charge in [-0.25, -0.2) is 0 Å². The van der Waals surface area contributed by atoms with Crippen molar-refractivity contribution in [3.63, 3.8) is 0 Å². The maximum Gasteiger partial charge on any atom is 0.257 e. The molecule has 0 unspecified atom stereocenters. The summed E-state index contributed by atoms with van der Waals surface area (Å²) < 4.78 is 7.15. The lowest BCUT2D eigenvalue weighted by Gasteiger charge is -2.38. The molecule has 3 aromatic rings. The van der Waals surface area contributed by atoms with Gasteiger partial charge in [0.2, 0.25) is 11.7 Å². The number of carbonyl (C=O) groups excluding carboxylic acids is 1. The third-order valence-corrected chi connectivity index (χ3v) is 4.30. The first-order valence-corrected chi connectivity index (χ1v) is 8.22. The lowest BCUT2D eigenvalue weighted by molar-refractivity contribution is 0.0378. The second kappa shape index (κ2) is 6.12. The van der Waals surface area contributed by atoms with E-state index in [1.54, 1.807) is 34.4 Å². The molecule has 1 aliphatic heterocycles. The van der Waals surface area contributed by atoms with E-state index in [0.717, 1.165) is 12.0 Å². The Kier molecular flexibility index (Phi) is 3.79. The predicted octanol–water partition coefficient (Wildman–Crippen LogP) is 2.50. The SMILES string of the molecule is CC(C)n1cc(C(=O)N2CC[C@@H]2c2nc(-c3cccnc3)no2)cn1. The van der Waals surface area contributed by atoms with E-state index in [0.29, 0.717) is 23.8 Å². The number of aromatic nitrogens is 5. The molecule has 25 heavy (non-hydrogen) atoms. The summed E-state index contributed by atoms with van der Waals surface area (Å²) in [4.78, 5) is 22.9. The molecule has 1 fully saturated rings. The maximum absolute atomic E-state index is 12.7. The van der Waals surface area contributed by atoms with Crippen LogP contribution in [0.25, 0.3) is 11.4 Å². The molecule has 0 radical (unpaired) electrons. The van der Waals surface area contributed by atoms with Crippen molar-refractivity contribution in [1.29, 1.82) is 0 Å². The van der Waals surface area contributed by atoms with Gasteiger partial charge in [0, 0.05) is 36.7 Å². The van der Waals surface area contributed by atoms with Crippen molar-refractivity contribution in [2.75, 3.05) is 6.54 Å². The molecule has 4 rings (SSSR count). The number of hydrogen-bond donors (Lipinski definition) is 0. The molecule has 8 heteroatoms. The highest BCUT2D eigenvalue weighted by Gasteiger charge is 2.38. The van der Waals surface area contributed by atoms with Crippen LogP contribution in [0.5, 0.6) is 0 Å². The normalized spacial score (nSPS) is 16.9. The summed E-state index contributed by atoms with van der Waals surface area (Å²) in [6.07, 6.45) is 7.55. The van der Waals surface area contributed by atoms with Crippen LogP contribution in [0.3, 0.4) is 0 Å². The fourth-order valence-corrected chi connectivity index (χ4v) is 2.77. The van der Waals surface area contributed by atoms with Crippen molar-refractivity contribution >= 4 is 5.91 Å². The fraction of sp³-hybridized carbons (Fsp3) is 0.353. The summed E-state index contributed by atoms with van der Waals surface area (Å²) in [5.41, 5.74) is 1.36. The molecule has 8 nitrogen and oxygen atoms in total. The molecule has 0 N–H and O–H groups in total. The summed E-state index contributed by atoms with van der Waals surface area (Å²) in [6.45, 7) is 4.71. The molecule has 0 saturated carbocycles. The van der Waals surface area contributed by atoms with Gasteiger partial charge in [-0.3, -0.25) is 14.5 Å². The van der Waals surface area contributed by atoms with Gasteiger partial charge in [-0.1, -0.05) is 5.16 Å². The number of pyridine rings is 1. The summed E-state index contributed by atoms with van der Waals surface area (Å²) >= 11 is 0. The minimum absolute atomic E-state index is 0.0655. The molecule has 0 aromatic carbocycles. The second-order valence-corrected chi connectivity index (χ2v) is 6.30. The highest BCUT2D eigenvalue weighted by Crippen LogP contribution is 2.34. The lowest BCUT2D eigenvalue weighted by atomic mass is 10.0. The smallest absolute Gasteiger partial charge is 0.257 e. The molecule has 1 saturated heterocycles. The number of likely N-dealkylation sites (tertiary alicyclic amines) is 1. The van der Waals surface area contributed by atoms with Crippen LogP contribution >= 0.6 is 0 Å². The molecule has 1 aliphatic rings. The average Bonchev–Trinajstić information content (AvgIpc) is 3.24. The summed E-state index contributed by atoms with van der Waals surface area (Å²) in [6, 6.07) is 3.71. The van der Waals surface area contributed by atoms with E-state index in [4.69, 9.17) is 4.52 Å². The van der Waals surface area contributed by atoms with Gasteiger partial charge in [-0.05, 0) is 32.4 Å². The number of amides is 1. The Morgan fingerprint density at radius 2 is 2.24 bits per heavy atom. The summed E-state index contributed by atoms with van der Waals surface area (Å²) in [7, 11) is 0. The van der Waals surface area contributed by atoms with E-state index in [1.165, 1.54) is 0 Å². The molecule has 3 aromatic heterocycles. The molecule has 4 heterocycles. The largest absolute Gasteiger partial charge is 0.337 e.